The van der Waals surface area contributed by atoms with Crippen molar-refractivity contribution in [2.24, 2.45) is 4.40 Å². The Morgan fingerprint density at radius 1 is 0.943 bits per heavy atom. The number of benzene rings is 3. The van der Waals surface area contributed by atoms with E-state index < -0.39 is 31.8 Å². The second-order valence-corrected chi connectivity index (χ2v) is 12.9. The zero-order valence-electron chi connectivity index (χ0n) is 20.5. The Hall–Kier alpha value is -2.87. The van der Waals surface area contributed by atoms with Crippen molar-refractivity contribution in [3.63, 3.8) is 0 Å². The summed E-state index contributed by atoms with van der Waals surface area (Å²) in [6.45, 7) is 7.50. The lowest BCUT2D eigenvalue weighted by Crippen LogP contribution is -2.35. The maximum Gasteiger partial charge on any atom is 0.241 e. The van der Waals surface area contributed by atoms with Crippen molar-refractivity contribution in [1.29, 1.82) is 0 Å². The molecule has 1 N–H and O–H groups in total. The van der Waals surface area contributed by atoms with Gasteiger partial charge in [-0.2, -0.15) is 4.40 Å². The standard InChI is InChI=1S/C28H32N2O3S2/c1-22-15-19-26(20-16-22)35(32,33)30-25(18-17-23-11-7-5-8-12-23)21-27(24-13-9-6-10-14-24)29-34(31)28(2,3)4/h5-20,25,30H,21H2,1-4H3/b18-17+,29-27+/t25-,34-/m1/s1. The first kappa shape index (κ1) is 26.7. The van der Waals surface area contributed by atoms with E-state index in [1.807, 2.05) is 101 Å². The van der Waals surface area contributed by atoms with E-state index >= 15 is 0 Å². The third-order valence-corrected chi connectivity index (χ3v) is 8.14. The van der Waals surface area contributed by atoms with E-state index in [1.165, 1.54) is 0 Å². The van der Waals surface area contributed by atoms with E-state index in [-0.39, 0.29) is 11.3 Å². The predicted octanol–water partition coefficient (Wildman–Crippen LogP) is 5.70. The smallest absolute Gasteiger partial charge is 0.234 e. The highest BCUT2D eigenvalue weighted by molar-refractivity contribution is 7.89. The van der Waals surface area contributed by atoms with Crippen LogP contribution in [-0.2, 0) is 21.0 Å². The quantitative estimate of drug-likeness (QED) is 0.377. The van der Waals surface area contributed by atoms with Crippen molar-refractivity contribution in [1.82, 2.24) is 4.72 Å². The Labute approximate surface area is 211 Å². The van der Waals surface area contributed by atoms with Gasteiger partial charge < -0.3 is 0 Å². The Morgan fingerprint density at radius 3 is 2.09 bits per heavy atom. The van der Waals surface area contributed by atoms with Crippen LogP contribution in [-0.4, -0.2) is 29.1 Å². The lowest BCUT2D eigenvalue weighted by Gasteiger charge is -2.19. The molecular weight excluding hydrogens is 476 g/mol. The van der Waals surface area contributed by atoms with Gasteiger partial charge in [0.25, 0.3) is 0 Å². The van der Waals surface area contributed by atoms with Gasteiger partial charge in [0.05, 0.1) is 15.4 Å². The Balaban J connectivity index is 2.00. The molecule has 3 rings (SSSR count). The van der Waals surface area contributed by atoms with Gasteiger partial charge >= 0.3 is 0 Å². The lowest BCUT2D eigenvalue weighted by molar-refractivity contribution is 0.573. The van der Waals surface area contributed by atoms with Crippen molar-refractivity contribution in [3.05, 3.63) is 108 Å². The molecule has 184 valence electrons. The Bertz CT molecular complexity index is 1290. The van der Waals surface area contributed by atoms with E-state index in [0.717, 1.165) is 16.7 Å². The summed E-state index contributed by atoms with van der Waals surface area (Å²) in [6.07, 6.45) is 3.94. The topological polar surface area (TPSA) is 75.6 Å². The summed E-state index contributed by atoms with van der Waals surface area (Å²) in [5.74, 6) is 0. The molecule has 3 aromatic rings. The molecule has 0 aliphatic heterocycles. The summed E-state index contributed by atoms with van der Waals surface area (Å²) in [5, 5.41) is 0. The zero-order chi connectivity index (χ0) is 25.5. The molecule has 7 heteroatoms. The molecule has 0 aliphatic rings. The van der Waals surface area contributed by atoms with Crippen molar-refractivity contribution in [3.8, 4) is 0 Å². The average Bonchev–Trinajstić information content (AvgIpc) is 2.82. The van der Waals surface area contributed by atoms with Crippen LogP contribution >= 0.6 is 0 Å². The summed E-state index contributed by atoms with van der Waals surface area (Å²) >= 11 is 0. The third kappa shape index (κ3) is 8.09. The number of sulfonamides is 1. The highest BCUT2D eigenvalue weighted by Gasteiger charge is 2.24. The SMILES string of the molecule is Cc1ccc(S(=O)(=O)N[C@H](/C=C/c2ccccc2)C/C(=N\[S@](=O)C(C)(C)C)c2ccccc2)cc1. The number of hydrogen-bond acceptors (Lipinski definition) is 3. The molecule has 35 heavy (non-hydrogen) atoms. The summed E-state index contributed by atoms with van der Waals surface area (Å²) < 4.78 is 46.2. The maximum absolute atomic E-state index is 13.2. The first-order valence-electron chi connectivity index (χ1n) is 11.4. The molecule has 0 saturated carbocycles. The minimum absolute atomic E-state index is 0.192. The Morgan fingerprint density at radius 2 is 1.51 bits per heavy atom. The molecule has 2 atom stereocenters. The van der Waals surface area contributed by atoms with Gasteiger partial charge in [-0.1, -0.05) is 90.5 Å². The largest absolute Gasteiger partial charge is 0.241 e. The summed E-state index contributed by atoms with van der Waals surface area (Å²) in [4.78, 5) is 0.192. The predicted molar refractivity (Wildman–Crippen MR) is 146 cm³/mol. The third-order valence-electron chi connectivity index (χ3n) is 5.20. The molecule has 0 amide bonds. The minimum atomic E-state index is -3.80. The summed E-state index contributed by atoms with van der Waals surface area (Å²) in [7, 11) is -5.30. The fraction of sp³-hybridized carbons (Fsp3) is 0.250. The van der Waals surface area contributed by atoms with Gasteiger partial charge in [-0.25, -0.2) is 17.3 Å². The molecule has 0 spiro atoms. The molecule has 0 aromatic heterocycles. The van der Waals surface area contributed by atoms with Gasteiger partial charge in [-0.05, 0) is 51.0 Å². The maximum atomic E-state index is 13.2. The van der Waals surface area contributed by atoms with Gasteiger partial charge in [0.15, 0.2) is 0 Å². The fourth-order valence-corrected chi connectivity index (χ4v) is 5.05. The number of nitrogens with zero attached hydrogens (tertiary/aromatic N) is 1. The van der Waals surface area contributed by atoms with E-state index in [2.05, 4.69) is 9.12 Å². The van der Waals surface area contributed by atoms with E-state index in [4.69, 9.17) is 0 Å². The van der Waals surface area contributed by atoms with Gasteiger partial charge in [0.2, 0.25) is 10.0 Å². The van der Waals surface area contributed by atoms with Crippen molar-refractivity contribution < 1.29 is 12.6 Å². The Kier molecular flexibility index (Phi) is 8.94. The molecule has 5 nitrogen and oxygen atoms in total. The highest BCUT2D eigenvalue weighted by Crippen LogP contribution is 2.18. The molecule has 0 bridgehead atoms. The molecule has 0 fully saturated rings. The molecule has 0 radical (unpaired) electrons. The monoisotopic (exact) mass is 508 g/mol. The van der Waals surface area contributed by atoms with Gasteiger partial charge in [0, 0.05) is 12.5 Å². The first-order chi connectivity index (χ1) is 16.5. The molecule has 0 aliphatic carbocycles. The molecular formula is C28H32N2O3S2. The number of rotatable bonds is 9. The van der Waals surface area contributed by atoms with E-state index in [0.29, 0.717) is 5.71 Å². The fourth-order valence-electron chi connectivity index (χ4n) is 3.21. The number of aryl methyl sites for hydroxylation is 1. The summed E-state index contributed by atoms with van der Waals surface area (Å²) in [6, 6.07) is 25.2. The van der Waals surface area contributed by atoms with E-state index in [9.17, 15) is 12.6 Å². The molecule has 0 saturated heterocycles. The molecule has 0 unspecified atom stereocenters. The molecule has 0 heterocycles. The van der Waals surface area contributed by atoms with Crippen LogP contribution in [0.15, 0.2) is 100 Å². The van der Waals surface area contributed by atoms with Crippen LogP contribution in [0, 0.1) is 6.92 Å². The second-order valence-electron chi connectivity index (χ2n) is 9.28. The van der Waals surface area contributed by atoms with Crippen molar-refractivity contribution in [2.45, 2.75) is 49.8 Å². The second kappa shape index (κ2) is 11.7. The number of nitrogens with one attached hydrogen (secondary N) is 1. The first-order valence-corrected chi connectivity index (χ1v) is 14.0. The van der Waals surface area contributed by atoms with Crippen LogP contribution in [0.5, 0.6) is 0 Å². The van der Waals surface area contributed by atoms with E-state index in [1.54, 1.807) is 24.3 Å². The number of hydrogen-bond donors (Lipinski definition) is 1. The van der Waals surface area contributed by atoms with Crippen LogP contribution in [0.1, 0.15) is 43.9 Å². The lowest BCUT2D eigenvalue weighted by atomic mass is 10.0. The highest BCUT2D eigenvalue weighted by atomic mass is 32.2. The van der Waals surface area contributed by atoms with Crippen LogP contribution in [0.3, 0.4) is 0 Å². The van der Waals surface area contributed by atoms with Crippen molar-refractivity contribution in [2.75, 3.05) is 0 Å². The van der Waals surface area contributed by atoms with Gasteiger partial charge in [-0.3, -0.25) is 0 Å². The summed E-state index contributed by atoms with van der Waals surface area (Å²) in [5.41, 5.74) is 3.31. The van der Waals surface area contributed by atoms with Gasteiger partial charge in [-0.15, -0.1) is 0 Å². The van der Waals surface area contributed by atoms with Crippen LogP contribution in [0.4, 0.5) is 0 Å². The molecule has 3 aromatic carbocycles. The normalized spacial score (nSPS) is 14.7. The van der Waals surface area contributed by atoms with Gasteiger partial charge in [0.1, 0.15) is 11.0 Å². The zero-order valence-corrected chi connectivity index (χ0v) is 22.1. The van der Waals surface area contributed by atoms with Crippen LogP contribution in [0.25, 0.3) is 6.08 Å². The van der Waals surface area contributed by atoms with Crippen LogP contribution in [0.2, 0.25) is 0 Å². The van der Waals surface area contributed by atoms with Crippen molar-refractivity contribution >= 4 is 32.8 Å². The average molecular weight is 509 g/mol. The minimum Gasteiger partial charge on any atom is -0.234 e. The van der Waals surface area contributed by atoms with Crippen LogP contribution < -0.4 is 4.72 Å².